The highest BCUT2D eigenvalue weighted by Gasteiger charge is 2.12. The van der Waals surface area contributed by atoms with E-state index >= 15 is 0 Å². The van der Waals surface area contributed by atoms with Crippen LogP contribution in [-0.2, 0) is 0 Å². The van der Waals surface area contributed by atoms with Crippen LogP contribution >= 0.6 is 35.4 Å². The van der Waals surface area contributed by atoms with E-state index in [-0.39, 0.29) is 21.6 Å². The molecule has 120 valence electrons. The van der Waals surface area contributed by atoms with Gasteiger partial charge >= 0.3 is 0 Å². The molecule has 0 bridgehead atoms. The second kappa shape index (κ2) is 7.50. The molecule has 0 aliphatic heterocycles. The predicted molar refractivity (Wildman–Crippen MR) is 94.8 cm³/mol. The zero-order chi connectivity index (χ0) is 17.0. The number of nitrogens with one attached hydrogen (secondary N) is 2. The first-order valence-electron chi connectivity index (χ1n) is 6.35. The molecule has 2 aromatic rings. The Morgan fingerprint density at radius 3 is 2.70 bits per heavy atom. The maximum Gasteiger partial charge on any atom is 0.257 e. The zero-order valence-electron chi connectivity index (χ0n) is 11.9. The molecule has 0 saturated carbocycles. The van der Waals surface area contributed by atoms with Crippen molar-refractivity contribution in [1.82, 2.24) is 5.32 Å². The second-order valence-electron chi connectivity index (χ2n) is 4.42. The number of carbonyl (C=O) groups excluding carboxylic acids is 1. The lowest BCUT2D eigenvalue weighted by Crippen LogP contribution is -2.34. The van der Waals surface area contributed by atoms with Crippen molar-refractivity contribution < 1.29 is 14.6 Å². The molecule has 0 aliphatic carbocycles. The molecule has 2 aromatic carbocycles. The molecule has 3 N–H and O–H groups in total. The van der Waals surface area contributed by atoms with E-state index in [1.807, 2.05) is 0 Å². The molecule has 0 aliphatic rings. The van der Waals surface area contributed by atoms with Gasteiger partial charge in [-0.2, -0.15) is 0 Å². The van der Waals surface area contributed by atoms with Crippen molar-refractivity contribution in [2.45, 2.75) is 0 Å². The Bertz CT molecular complexity index is 768. The standard InChI is InChI=1S/C15H12Cl2N2O3S/c1-22-10-4-2-3-8(5-10)14(21)19-15(23)18-12-7-9(16)6-11(17)13(12)20/h2-7,20H,1H3,(H2,18,19,21,23). The van der Waals surface area contributed by atoms with Gasteiger partial charge in [0.15, 0.2) is 10.9 Å². The van der Waals surface area contributed by atoms with Gasteiger partial charge in [0.25, 0.3) is 5.91 Å². The molecule has 0 saturated heterocycles. The Morgan fingerprint density at radius 1 is 1.26 bits per heavy atom. The summed E-state index contributed by atoms with van der Waals surface area (Å²) in [6.07, 6.45) is 0. The van der Waals surface area contributed by atoms with Gasteiger partial charge in [0.2, 0.25) is 0 Å². The van der Waals surface area contributed by atoms with E-state index in [1.54, 1.807) is 24.3 Å². The largest absolute Gasteiger partial charge is 0.504 e. The van der Waals surface area contributed by atoms with Crippen LogP contribution in [0.4, 0.5) is 5.69 Å². The van der Waals surface area contributed by atoms with Crippen molar-refractivity contribution in [2.75, 3.05) is 12.4 Å². The van der Waals surface area contributed by atoms with Crippen LogP contribution in [-0.4, -0.2) is 23.2 Å². The predicted octanol–water partition coefficient (Wildman–Crippen LogP) is 3.83. The van der Waals surface area contributed by atoms with E-state index < -0.39 is 5.91 Å². The maximum absolute atomic E-state index is 12.1. The second-order valence-corrected chi connectivity index (χ2v) is 5.68. The molecule has 0 spiro atoms. The number of phenols is 1. The summed E-state index contributed by atoms with van der Waals surface area (Å²) in [5.41, 5.74) is 0.570. The minimum absolute atomic E-state index is 0.00791. The first-order valence-corrected chi connectivity index (χ1v) is 7.51. The summed E-state index contributed by atoms with van der Waals surface area (Å²) in [6, 6.07) is 9.43. The molecule has 5 nitrogen and oxygen atoms in total. The first-order chi connectivity index (χ1) is 10.9. The van der Waals surface area contributed by atoms with Gasteiger partial charge in [-0.3, -0.25) is 10.1 Å². The molecule has 23 heavy (non-hydrogen) atoms. The summed E-state index contributed by atoms with van der Waals surface area (Å²) >= 11 is 16.7. The number of hydrogen-bond donors (Lipinski definition) is 3. The fourth-order valence-electron chi connectivity index (χ4n) is 1.75. The number of ether oxygens (including phenoxy) is 1. The van der Waals surface area contributed by atoms with Crippen LogP contribution in [0.3, 0.4) is 0 Å². The highest BCUT2D eigenvalue weighted by atomic mass is 35.5. The third-order valence-corrected chi connectivity index (χ3v) is 3.55. The number of benzene rings is 2. The highest BCUT2D eigenvalue weighted by molar-refractivity contribution is 7.80. The topological polar surface area (TPSA) is 70.6 Å². The lowest BCUT2D eigenvalue weighted by atomic mass is 10.2. The zero-order valence-corrected chi connectivity index (χ0v) is 14.2. The van der Waals surface area contributed by atoms with Gasteiger partial charge in [-0.1, -0.05) is 29.3 Å². The normalized spacial score (nSPS) is 10.0. The molecule has 0 atom stereocenters. The number of amides is 1. The summed E-state index contributed by atoms with van der Waals surface area (Å²) in [5.74, 6) is -0.0844. The Balaban J connectivity index is 2.09. The van der Waals surface area contributed by atoms with Crippen molar-refractivity contribution in [3.05, 3.63) is 52.0 Å². The summed E-state index contributed by atoms with van der Waals surface area (Å²) < 4.78 is 5.06. The number of rotatable bonds is 3. The molecule has 0 radical (unpaired) electrons. The summed E-state index contributed by atoms with van der Waals surface area (Å²) in [6.45, 7) is 0. The van der Waals surface area contributed by atoms with Gasteiger partial charge in [-0.25, -0.2) is 0 Å². The van der Waals surface area contributed by atoms with Crippen LogP contribution in [0.5, 0.6) is 11.5 Å². The van der Waals surface area contributed by atoms with Crippen LogP contribution in [0, 0.1) is 0 Å². The molecular formula is C15H12Cl2N2O3S. The van der Waals surface area contributed by atoms with E-state index in [2.05, 4.69) is 10.6 Å². The number of halogens is 2. The highest BCUT2D eigenvalue weighted by Crippen LogP contribution is 2.34. The number of phenolic OH excluding ortho intramolecular Hbond substituents is 1. The van der Waals surface area contributed by atoms with Crippen LogP contribution in [0.15, 0.2) is 36.4 Å². The van der Waals surface area contributed by atoms with Gasteiger partial charge in [0, 0.05) is 10.6 Å². The van der Waals surface area contributed by atoms with Crippen molar-refractivity contribution in [2.24, 2.45) is 0 Å². The van der Waals surface area contributed by atoms with Gasteiger partial charge in [-0.15, -0.1) is 0 Å². The minimum atomic E-state index is -0.422. The molecule has 0 aromatic heterocycles. The third-order valence-electron chi connectivity index (χ3n) is 2.84. The fourth-order valence-corrected chi connectivity index (χ4v) is 2.45. The van der Waals surface area contributed by atoms with Gasteiger partial charge in [0.1, 0.15) is 5.75 Å². The lowest BCUT2D eigenvalue weighted by molar-refractivity contribution is 0.0977. The summed E-state index contributed by atoms with van der Waals surface area (Å²) in [7, 11) is 1.51. The smallest absolute Gasteiger partial charge is 0.257 e. The molecule has 0 unspecified atom stereocenters. The Labute approximate surface area is 148 Å². The van der Waals surface area contributed by atoms with Crippen molar-refractivity contribution >= 4 is 52.1 Å². The fraction of sp³-hybridized carbons (Fsp3) is 0.0667. The minimum Gasteiger partial charge on any atom is -0.504 e. The van der Waals surface area contributed by atoms with Crippen molar-refractivity contribution in [3.8, 4) is 11.5 Å². The first kappa shape index (κ1) is 17.3. The van der Waals surface area contributed by atoms with Crippen LogP contribution < -0.4 is 15.4 Å². The van der Waals surface area contributed by atoms with E-state index in [1.165, 1.54) is 19.2 Å². The number of hydrogen-bond acceptors (Lipinski definition) is 4. The van der Waals surface area contributed by atoms with Crippen LogP contribution in [0.2, 0.25) is 10.0 Å². The van der Waals surface area contributed by atoms with Crippen LogP contribution in [0.1, 0.15) is 10.4 Å². The molecule has 2 rings (SSSR count). The van der Waals surface area contributed by atoms with Crippen LogP contribution in [0.25, 0.3) is 0 Å². The van der Waals surface area contributed by atoms with Gasteiger partial charge < -0.3 is 15.2 Å². The number of aromatic hydroxyl groups is 1. The maximum atomic E-state index is 12.1. The Morgan fingerprint density at radius 2 is 2.00 bits per heavy atom. The SMILES string of the molecule is COc1cccc(C(=O)NC(=S)Nc2cc(Cl)cc(Cl)c2O)c1. The number of anilines is 1. The summed E-state index contributed by atoms with van der Waals surface area (Å²) in [4.78, 5) is 12.1. The monoisotopic (exact) mass is 370 g/mol. The molecular weight excluding hydrogens is 359 g/mol. The average molecular weight is 371 g/mol. The van der Waals surface area contributed by atoms with Gasteiger partial charge in [-0.05, 0) is 42.5 Å². The molecule has 0 heterocycles. The number of carbonyl (C=O) groups is 1. The molecule has 8 heteroatoms. The van der Waals surface area contributed by atoms with E-state index in [0.717, 1.165) is 0 Å². The van der Waals surface area contributed by atoms with E-state index in [4.69, 9.17) is 40.2 Å². The van der Waals surface area contributed by atoms with E-state index in [0.29, 0.717) is 16.3 Å². The Hall–Kier alpha value is -2.02. The number of thiocarbonyl (C=S) groups is 1. The Kier molecular flexibility index (Phi) is 5.65. The summed E-state index contributed by atoms with van der Waals surface area (Å²) in [5, 5.41) is 15.4. The third kappa shape index (κ3) is 4.48. The van der Waals surface area contributed by atoms with Crippen molar-refractivity contribution in [3.63, 3.8) is 0 Å². The molecule has 0 fully saturated rings. The van der Waals surface area contributed by atoms with Crippen molar-refractivity contribution in [1.29, 1.82) is 0 Å². The van der Waals surface area contributed by atoms with Gasteiger partial charge in [0.05, 0.1) is 17.8 Å². The molecule has 1 amide bonds. The number of methoxy groups -OCH3 is 1. The quantitative estimate of drug-likeness (QED) is 0.565. The average Bonchev–Trinajstić information content (AvgIpc) is 2.52. The van der Waals surface area contributed by atoms with E-state index in [9.17, 15) is 9.90 Å². The lowest BCUT2D eigenvalue weighted by Gasteiger charge is -2.12.